The fourth-order valence-electron chi connectivity index (χ4n) is 1.54. The first-order chi connectivity index (χ1) is 6.77. The van der Waals surface area contributed by atoms with Gasteiger partial charge in [-0.25, -0.2) is 0 Å². The van der Waals surface area contributed by atoms with Gasteiger partial charge in [0, 0.05) is 10.5 Å². The van der Waals surface area contributed by atoms with Crippen molar-refractivity contribution in [2.75, 3.05) is 6.54 Å². The van der Waals surface area contributed by atoms with Crippen molar-refractivity contribution in [1.82, 2.24) is 5.32 Å². The van der Waals surface area contributed by atoms with Crippen LogP contribution in [-0.2, 0) is 0 Å². The van der Waals surface area contributed by atoms with E-state index in [1.54, 1.807) is 0 Å². The molecule has 0 heterocycles. The van der Waals surface area contributed by atoms with Gasteiger partial charge >= 0.3 is 0 Å². The summed E-state index contributed by atoms with van der Waals surface area (Å²) in [5.41, 5.74) is 1.37. The Bertz CT molecular complexity index is 273. The Kier molecular flexibility index (Phi) is 5.20. The molecule has 1 rings (SSSR count). The maximum Gasteiger partial charge on any atom is 0.0318 e. The monoisotopic (exact) mass is 255 g/mol. The summed E-state index contributed by atoms with van der Waals surface area (Å²) in [5.74, 6) is 0. The largest absolute Gasteiger partial charge is 0.310 e. The van der Waals surface area contributed by atoms with Crippen LogP contribution in [0.25, 0.3) is 0 Å². The second-order valence-corrected chi connectivity index (χ2v) is 4.39. The summed E-state index contributed by atoms with van der Waals surface area (Å²) in [6.07, 6.45) is 2.32. The van der Waals surface area contributed by atoms with E-state index in [4.69, 9.17) is 0 Å². The van der Waals surface area contributed by atoms with E-state index < -0.39 is 0 Å². The normalized spacial score (nSPS) is 12.8. The van der Waals surface area contributed by atoms with Crippen molar-refractivity contribution in [3.8, 4) is 0 Å². The van der Waals surface area contributed by atoms with Gasteiger partial charge in [0.25, 0.3) is 0 Å². The van der Waals surface area contributed by atoms with E-state index in [0.29, 0.717) is 6.04 Å². The highest BCUT2D eigenvalue weighted by Gasteiger charge is 2.07. The summed E-state index contributed by atoms with van der Waals surface area (Å²) in [6, 6.07) is 9.02. The average Bonchev–Trinajstić information content (AvgIpc) is 2.19. The highest BCUT2D eigenvalue weighted by Crippen LogP contribution is 2.20. The molecule has 0 aliphatic carbocycles. The van der Waals surface area contributed by atoms with Gasteiger partial charge in [0.1, 0.15) is 0 Å². The Morgan fingerprint density at radius 2 is 2.14 bits per heavy atom. The van der Waals surface area contributed by atoms with E-state index in [1.807, 2.05) is 0 Å². The lowest BCUT2D eigenvalue weighted by Gasteiger charge is -2.17. The lowest BCUT2D eigenvalue weighted by molar-refractivity contribution is 0.518. The van der Waals surface area contributed by atoms with Gasteiger partial charge in [0.15, 0.2) is 0 Å². The van der Waals surface area contributed by atoms with Crippen LogP contribution in [0, 0.1) is 0 Å². The molecule has 0 aromatic heterocycles. The van der Waals surface area contributed by atoms with Crippen LogP contribution in [0.1, 0.15) is 38.3 Å². The van der Waals surface area contributed by atoms with Gasteiger partial charge < -0.3 is 5.32 Å². The molecule has 0 amide bonds. The second kappa shape index (κ2) is 6.20. The topological polar surface area (TPSA) is 12.0 Å². The molecule has 1 aromatic carbocycles. The maximum absolute atomic E-state index is 3.54. The van der Waals surface area contributed by atoms with Gasteiger partial charge in [-0.05, 0) is 37.1 Å². The molecule has 0 bridgehead atoms. The lowest BCUT2D eigenvalue weighted by atomic mass is 10.0. The van der Waals surface area contributed by atoms with Crippen molar-refractivity contribution in [1.29, 1.82) is 0 Å². The summed E-state index contributed by atoms with van der Waals surface area (Å²) >= 11 is 3.50. The van der Waals surface area contributed by atoms with Gasteiger partial charge in [-0.2, -0.15) is 0 Å². The van der Waals surface area contributed by atoms with Gasteiger partial charge in [-0.3, -0.25) is 0 Å². The zero-order valence-electron chi connectivity index (χ0n) is 8.89. The molecule has 0 saturated heterocycles. The molecule has 0 radical (unpaired) electrons. The van der Waals surface area contributed by atoms with Gasteiger partial charge in [0.05, 0.1) is 0 Å². The molecule has 14 heavy (non-hydrogen) atoms. The Hall–Kier alpha value is -0.340. The number of halogens is 1. The number of nitrogens with one attached hydrogen (secondary N) is 1. The molecule has 1 nitrogen and oxygen atoms in total. The quantitative estimate of drug-likeness (QED) is 0.842. The zero-order chi connectivity index (χ0) is 10.4. The third kappa shape index (κ3) is 3.43. The summed E-state index contributed by atoms with van der Waals surface area (Å²) in [4.78, 5) is 0. The highest BCUT2D eigenvalue weighted by molar-refractivity contribution is 9.10. The SMILES string of the molecule is CCCNC(CC)c1cccc(Br)c1. The van der Waals surface area contributed by atoms with Crippen molar-refractivity contribution in [3.05, 3.63) is 34.3 Å². The Morgan fingerprint density at radius 3 is 2.71 bits per heavy atom. The molecule has 0 fully saturated rings. The van der Waals surface area contributed by atoms with E-state index in [2.05, 4.69) is 59.4 Å². The predicted molar refractivity (Wildman–Crippen MR) is 65.5 cm³/mol. The first kappa shape index (κ1) is 11.7. The van der Waals surface area contributed by atoms with Crippen molar-refractivity contribution >= 4 is 15.9 Å². The molecule has 0 aliphatic heterocycles. The molecule has 0 aliphatic rings. The molecule has 1 unspecified atom stereocenters. The van der Waals surface area contributed by atoms with Gasteiger partial charge in [0.2, 0.25) is 0 Å². The van der Waals surface area contributed by atoms with E-state index in [1.165, 1.54) is 12.0 Å². The molecule has 1 aromatic rings. The van der Waals surface area contributed by atoms with Gasteiger partial charge in [-0.1, -0.05) is 41.9 Å². The number of benzene rings is 1. The van der Waals surface area contributed by atoms with Crippen LogP contribution in [0.4, 0.5) is 0 Å². The van der Waals surface area contributed by atoms with Crippen molar-refractivity contribution in [2.24, 2.45) is 0 Å². The van der Waals surface area contributed by atoms with Crippen molar-refractivity contribution in [2.45, 2.75) is 32.7 Å². The number of rotatable bonds is 5. The molecule has 78 valence electrons. The van der Waals surface area contributed by atoms with Crippen LogP contribution in [-0.4, -0.2) is 6.54 Å². The number of hydrogen-bond acceptors (Lipinski definition) is 1. The summed E-state index contributed by atoms with van der Waals surface area (Å²) < 4.78 is 1.16. The first-order valence-electron chi connectivity index (χ1n) is 5.26. The van der Waals surface area contributed by atoms with Crippen LogP contribution in [0.3, 0.4) is 0 Å². The summed E-state index contributed by atoms with van der Waals surface area (Å²) in [6.45, 7) is 5.50. The van der Waals surface area contributed by atoms with Gasteiger partial charge in [-0.15, -0.1) is 0 Å². The summed E-state index contributed by atoms with van der Waals surface area (Å²) in [7, 11) is 0. The minimum absolute atomic E-state index is 0.493. The molecular weight excluding hydrogens is 238 g/mol. The molecule has 2 heteroatoms. The Labute approximate surface area is 95.0 Å². The van der Waals surface area contributed by atoms with Crippen LogP contribution in [0.2, 0.25) is 0 Å². The van der Waals surface area contributed by atoms with E-state index in [9.17, 15) is 0 Å². The standard InChI is InChI=1S/C12H18BrN/c1-3-8-14-12(4-2)10-6-5-7-11(13)9-10/h5-7,9,12,14H,3-4,8H2,1-2H3. The second-order valence-electron chi connectivity index (χ2n) is 3.47. The molecule has 0 saturated carbocycles. The Balaban J connectivity index is 2.68. The Morgan fingerprint density at radius 1 is 1.36 bits per heavy atom. The third-order valence-corrected chi connectivity index (χ3v) is 2.79. The van der Waals surface area contributed by atoms with Crippen LogP contribution >= 0.6 is 15.9 Å². The average molecular weight is 256 g/mol. The van der Waals surface area contributed by atoms with E-state index >= 15 is 0 Å². The molecule has 1 N–H and O–H groups in total. The summed E-state index contributed by atoms with van der Waals surface area (Å²) in [5, 5.41) is 3.54. The zero-order valence-corrected chi connectivity index (χ0v) is 10.5. The molecular formula is C12H18BrN. The van der Waals surface area contributed by atoms with E-state index in [-0.39, 0.29) is 0 Å². The van der Waals surface area contributed by atoms with Crippen molar-refractivity contribution in [3.63, 3.8) is 0 Å². The first-order valence-corrected chi connectivity index (χ1v) is 6.06. The van der Waals surface area contributed by atoms with Crippen LogP contribution < -0.4 is 5.32 Å². The van der Waals surface area contributed by atoms with E-state index in [0.717, 1.165) is 17.4 Å². The number of hydrogen-bond donors (Lipinski definition) is 1. The van der Waals surface area contributed by atoms with Crippen LogP contribution in [0.15, 0.2) is 28.7 Å². The fourth-order valence-corrected chi connectivity index (χ4v) is 1.96. The predicted octanol–water partition coefficient (Wildman–Crippen LogP) is 3.90. The lowest BCUT2D eigenvalue weighted by Crippen LogP contribution is -2.21. The molecule has 1 atom stereocenters. The van der Waals surface area contributed by atoms with Crippen LogP contribution in [0.5, 0.6) is 0 Å². The maximum atomic E-state index is 3.54. The highest BCUT2D eigenvalue weighted by atomic mass is 79.9. The van der Waals surface area contributed by atoms with Crippen molar-refractivity contribution < 1.29 is 0 Å². The minimum atomic E-state index is 0.493. The fraction of sp³-hybridized carbons (Fsp3) is 0.500. The molecule has 0 spiro atoms. The minimum Gasteiger partial charge on any atom is -0.310 e. The third-order valence-electron chi connectivity index (χ3n) is 2.30. The smallest absolute Gasteiger partial charge is 0.0318 e.